The van der Waals surface area contributed by atoms with Crippen LogP contribution in [-0.2, 0) is 11.2 Å². The zero-order valence-electron chi connectivity index (χ0n) is 8.96. The van der Waals surface area contributed by atoms with Gasteiger partial charge in [0.15, 0.2) is 0 Å². The third kappa shape index (κ3) is 2.00. The molecule has 1 unspecified atom stereocenters. The lowest BCUT2D eigenvalue weighted by molar-refractivity contribution is -0.117. The Morgan fingerprint density at radius 1 is 1.60 bits per heavy atom. The minimum atomic E-state index is 0.241. The van der Waals surface area contributed by atoms with E-state index < -0.39 is 0 Å². The van der Waals surface area contributed by atoms with E-state index in [0.29, 0.717) is 12.5 Å². The van der Waals surface area contributed by atoms with Crippen LogP contribution in [0, 0.1) is 0 Å². The van der Waals surface area contributed by atoms with Crippen LogP contribution in [0.3, 0.4) is 0 Å². The van der Waals surface area contributed by atoms with Gasteiger partial charge in [0, 0.05) is 30.2 Å². The van der Waals surface area contributed by atoms with Gasteiger partial charge in [-0.1, -0.05) is 11.6 Å². The average molecular weight is 224 g/mol. The van der Waals surface area contributed by atoms with E-state index in [1.165, 1.54) is 11.3 Å². The van der Waals surface area contributed by atoms with Crippen molar-refractivity contribution < 1.29 is 4.79 Å². The van der Waals surface area contributed by atoms with Crippen LogP contribution < -0.4 is 4.90 Å². The summed E-state index contributed by atoms with van der Waals surface area (Å²) in [6.07, 6.45) is 1.54. The van der Waals surface area contributed by atoms with Crippen molar-refractivity contribution in [3.05, 3.63) is 28.8 Å². The largest absolute Gasteiger partial charge is 0.371 e. The van der Waals surface area contributed by atoms with Crippen molar-refractivity contribution in [1.82, 2.24) is 0 Å². The molecule has 1 atom stereocenters. The van der Waals surface area contributed by atoms with Crippen LogP contribution in [0.2, 0.25) is 5.02 Å². The van der Waals surface area contributed by atoms with Crippen LogP contribution >= 0.6 is 11.6 Å². The molecular formula is C12H14ClNO. The van der Waals surface area contributed by atoms with Crippen LogP contribution in [0.1, 0.15) is 18.9 Å². The number of halogens is 1. The number of carbonyl (C=O) groups excluding carboxylic acids is 1. The topological polar surface area (TPSA) is 20.3 Å². The van der Waals surface area contributed by atoms with Gasteiger partial charge in [-0.15, -0.1) is 0 Å². The minimum Gasteiger partial charge on any atom is -0.371 e. The van der Waals surface area contributed by atoms with Gasteiger partial charge in [-0.25, -0.2) is 0 Å². The molecular weight excluding hydrogens is 210 g/mol. The van der Waals surface area contributed by atoms with Gasteiger partial charge in [-0.2, -0.15) is 0 Å². The summed E-state index contributed by atoms with van der Waals surface area (Å²) in [7, 11) is 2.04. The second-order valence-electron chi connectivity index (χ2n) is 4.15. The molecule has 1 aromatic rings. The molecule has 2 nitrogen and oxygen atoms in total. The van der Waals surface area contributed by atoms with Gasteiger partial charge in [0.05, 0.1) is 0 Å². The van der Waals surface area contributed by atoms with Gasteiger partial charge >= 0.3 is 0 Å². The molecule has 0 spiro atoms. The lowest BCUT2D eigenvalue weighted by Gasteiger charge is -2.21. The smallest absolute Gasteiger partial charge is 0.131 e. The third-order valence-electron chi connectivity index (χ3n) is 2.95. The number of benzene rings is 1. The first-order valence-electron chi connectivity index (χ1n) is 5.08. The fourth-order valence-electron chi connectivity index (χ4n) is 2.19. The summed E-state index contributed by atoms with van der Waals surface area (Å²) < 4.78 is 0. The number of carbonyl (C=O) groups is 1. The third-order valence-corrected chi connectivity index (χ3v) is 3.18. The Morgan fingerprint density at radius 2 is 2.33 bits per heavy atom. The second kappa shape index (κ2) is 3.86. The maximum Gasteiger partial charge on any atom is 0.131 e. The summed E-state index contributed by atoms with van der Waals surface area (Å²) >= 11 is 5.94. The van der Waals surface area contributed by atoms with Crippen molar-refractivity contribution in [1.29, 1.82) is 0 Å². The average Bonchev–Trinajstić information content (AvgIpc) is 2.42. The predicted molar refractivity (Wildman–Crippen MR) is 62.6 cm³/mol. The molecule has 1 heterocycles. The van der Waals surface area contributed by atoms with Gasteiger partial charge in [0.25, 0.3) is 0 Å². The zero-order chi connectivity index (χ0) is 11.0. The second-order valence-corrected chi connectivity index (χ2v) is 4.58. The molecule has 0 saturated heterocycles. The van der Waals surface area contributed by atoms with Gasteiger partial charge in [0.2, 0.25) is 0 Å². The van der Waals surface area contributed by atoms with E-state index in [1.54, 1.807) is 6.92 Å². The summed E-state index contributed by atoms with van der Waals surface area (Å²) in [5.74, 6) is 0.241. The van der Waals surface area contributed by atoms with Crippen molar-refractivity contribution >= 4 is 23.1 Å². The number of anilines is 1. The number of nitrogens with zero attached hydrogens (tertiary/aromatic N) is 1. The van der Waals surface area contributed by atoms with Crippen LogP contribution in [0.25, 0.3) is 0 Å². The molecule has 0 radical (unpaired) electrons. The summed E-state index contributed by atoms with van der Waals surface area (Å²) in [4.78, 5) is 13.3. The molecule has 0 aliphatic carbocycles. The monoisotopic (exact) mass is 223 g/mol. The maximum absolute atomic E-state index is 11.1. The lowest BCUT2D eigenvalue weighted by atomic mass is 10.1. The van der Waals surface area contributed by atoms with E-state index in [1.807, 2.05) is 25.2 Å². The zero-order valence-corrected chi connectivity index (χ0v) is 9.71. The van der Waals surface area contributed by atoms with E-state index in [9.17, 15) is 4.79 Å². The van der Waals surface area contributed by atoms with Gasteiger partial charge in [-0.3, -0.25) is 4.79 Å². The molecule has 1 aliphatic heterocycles. The van der Waals surface area contributed by atoms with Gasteiger partial charge < -0.3 is 4.90 Å². The Bertz CT molecular complexity index is 403. The van der Waals surface area contributed by atoms with E-state index in [0.717, 1.165) is 11.4 Å². The highest BCUT2D eigenvalue weighted by Crippen LogP contribution is 2.33. The van der Waals surface area contributed by atoms with Crippen LogP contribution in [0.4, 0.5) is 5.69 Å². The number of ketones is 1. The minimum absolute atomic E-state index is 0.241. The molecule has 0 fully saturated rings. The Morgan fingerprint density at radius 3 is 3.00 bits per heavy atom. The Hall–Kier alpha value is -1.02. The van der Waals surface area contributed by atoms with Crippen LogP contribution in [0.15, 0.2) is 18.2 Å². The van der Waals surface area contributed by atoms with E-state index >= 15 is 0 Å². The molecule has 2 rings (SSSR count). The van der Waals surface area contributed by atoms with E-state index in [-0.39, 0.29) is 5.78 Å². The van der Waals surface area contributed by atoms with Gasteiger partial charge in [0.1, 0.15) is 5.78 Å². The molecule has 80 valence electrons. The van der Waals surface area contributed by atoms with Crippen LogP contribution in [-0.4, -0.2) is 18.9 Å². The predicted octanol–water partition coefficient (Wildman–Crippen LogP) is 2.68. The van der Waals surface area contributed by atoms with Crippen molar-refractivity contribution in [2.45, 2.75) is 25.8 Å². The molecule has 0 N–H and O–H groups in total. The lowest BCUT2D eigenvalue weighted by Crippen LogP contribution is -2.29. The van der Waals surface area contributed by atoms with E-state index in [2.05, 4.69) is 4.90 Å². The highest BCUT2D eigenvalue weighted by atomic mass is 35.5. The van der Waals surface area contributed by atoms with Crippen molar-refractivity contribution in [2.75, 3.05) is 11.9 Å². The molecule has 0 amide bonds. The summed E-state index contributed by atoms with van der Waals surface area (Å²) in [6.45, 7) is 1.64. The number of hydrogen-bond donors (Lipinski definition) is 0. The quantitative estimate of drug-likeness (QED) is 0.769. The van der Waals surface area contributed by atoms with Crippen LogP contribution in [0.5, 0.6) is 0 Å². The first kappa shape index (κ1) is 10.5. The van der Waals surface area contributed by atoms with Crippen molar-refractivity contribution in [3.8, 4) is 0 Å². The number of rotatable bonds is 2. The molecule has 15 heavy (non-hydrogen) atoms. The SMILES string of the molecule is CC(=O)CC1Cc2cc(Cl)ccc2N1C. The first-order valence-corrected chi connectivity index (χ1v) is 5.46. The fourth-order valence-corrected chi connectivity index (χ4v) is 2.38. The number of fused-ring (bicyclic) bond motifs is 1. The highest BCUT2D eigenvalue weighted by Gasteiger charge is 2.27. The Labute approximate surface area is 94.8 Å². The Kier molecular flexibility index (Phi) is 2.70. The molecule has 0 bridgehead atoms. The summed E-state index contributed by atoms with van der Waals surface area (Å²) in [5.41, 5.74) is 2.45. The Balaban J connectivity index is 2.25. The van der Waals surface area contributed by atoms with E-state index in [4.69, 9.17) is 11.6 Å². The molecule has 1 aliphatic rings. The summed E-state index contributed by atoms with van der Waals surface area (Å²) in [5, 5.41) is 0.769. The number of hydrogen-bond acceptors (Lipinski definition) is 2. The molecule has 3 heteroatoms. The van der Waals surface area contributed by atoms with Crippen molar-refractivity contribution in [2.24, 2.45) is 0 Å². The highest BCUT2D eigenvalue weighted by molar-refractivity contribution is 6.30. The van der Waals surface area contributed by atoms with Crippen molar-refractivity contribution in [3.63, 3.8) is 0 Å². The normalized spacial score (nSPS) is 19.1. The maximum atomic E-state index is 11.1. The fraction of sp³-hybridized carbons (Fsp3) is 0.417. The number of Topliss-reactive ketones (excluding diaryl/α,β-unsaturated/α-hetero) is 1. The molecule has 0 aromatic heterocycles. The molecule has 0 saturated carbocycles. The molecule has 1 aromatic carbocycles. The first-order chi connectivity index (χ1) is 7.08. The van der Waals surface area contributed by atoms with Gasteiger partial charge in [-0.05, 0) is 37.1 Å². The standard InChI is InChI=1S/C12H14ClNO/c1-8(15)5-11-7-9-6-10(13)3-4-12(9)14(11)2/h3-4,6,11H,5,7H2,1-2H3. The summed E-state index contributed by atoms with van der Waals surface area (Å²) in [6, 6.07) is 6.22. The number of likely N-dealkylation sites (N-methyl/N-ethyl adjacent to an activating group) is 1.